The average molecular weight is 347 g/mol. The van der Waals surface area contributed by atoms with Crippen LogP contribution in [-0.2, 0) is 11.3 Å². The first-order valence-electron chi connectivity index (χ1n) is 7.52. The molecule has 130 valence electrons. The van der Waals surface area contributed by atoms with Crippen LogP contribution in [-0.4, -0.2) is 41.4 Å². The van der Waals surface area contributed by atoms with Crippen molar-refractivity contribution in [3.63, 3.8) is 0 Å². The lowest BCUT2D eigenvalue weighted by molar-refractivity contribution is -0.0974. The second-order valence-corrected chi connectivity index (χ2v) is 5.62. The number of anilines is 1. The fourth-order valence-electron chi connectivity index (χ4n) is 2.62. The highest BCUT2D eigenvalue weighted by Gasteiger charge is 2.24. The van der Waals surface area contributed by atoms with E-state index < -0.39 is 23.3 Å². The van der Waals surface area contributed by atoms with Crippen LogP contribution in [0.3, 0.4) is 0 Å². The van der Waals surface area contributed by atoms with Gasteiger partial charge in [-0.05, 0) is 17.7 Å². The minimum Gasteiger partial charge on any atom is -0.504 e. The summed E-state index contributed by atoms with van der Waals surface area (Å²) in [5.74, 6) is -1.34. The van der Waals surface area contributed by atoms with Gasteiger partial charge in [0.25, 0.3) is 0 Å². The van der Waals surface area contributed by atoms with Gasteiger partial charge in [0.2, 0.25) is 0 Å². The van der Waals surface area contributed by atoms with Crippen LogP contribution in [0.25, 0.3) is 11.2 Å². The molecule has 1 aromatic carbocycles. The molecule has 3 aromatic rings. The summed E-state index contributed by atoms with van der Waals surface area (Å²) in [6.07, 6.45) is 1.20. The summed E-state index contributed by atoms with van der Waals surface area (Å²) >= 11 is 0. The van der Waals surface area contributed by atoms with Gasteiger partial charge in [0, 0.05) is 13.0 Å². The molecule has 1 fully saturated rings. The Morgan fingerprint density at radius 3 is 2.60 bits per heavy atom. The summed E-state index contributed by atoms with van der Waals surface area (Å²) in [7, 11) is 0. The van der Waals surface area contributed by atoms with Crippen molar-refractivity contribution in [2.75, 3.05) is 11.9 Å². The van der Waals surface area contributed by atoms with Crippen LogP contribution in [0.1, 0.15) is 18.2 Å². The molecule has 0 amide bonds. The molecule has 0 spiro atoms. The first-order chi connectivity index (χ1) is 12.0. The van der Waals surface area contributed by atoms with Gasteiger partial charge >= 0.3 is 6.08 Å². The van der Waals surface area contributed by atoms with E-state index in [4.69, 9.17) is 4.74 Å². The highest BCUT2D eigenvalue weighted by atomic mass is 19.1. The number of rotatable bonds is 4. The van der Waals surface area contributed by atoms with Crippen LogP contribution in [0.15, 0.2) is 18.5 Å². The van der Waals surface area contributed by atoms with Crippen LogP contribution in [0.5, 0.6) is 17.2 Å². The summed E-state index contributed by atoms with van der Waals surface area (Å²) in [4.78, 5) is 11.7. The second-order valence-electron chi connectivity index (χ2n) is 5.62. The Morgan fingerprint density at radius 1 is 1.24 bits per heavy atom. The standard InChI is InChI=1S/C15H14FN5O4/c16-15-19-13(17-5-7-3-8(22)12(24)9(23)4-7)11-14(20-15)21(6-18-11)10-1-2-25-10/h3-4,6,10,22-24H,1-2,5H2,(H,17,19,20). The summed E-state index contributed by atoms with van der Waals surface area (Å²) in [5, 5.41) is 31.3. The Bertz CT molecular complexity index is 933. The number of halogens is 1. The van der Waals surface area contributed by atoms with Crippen molar-refractivity contribution in [1.29, 1.82) is 0 Å². The molecule has 25 heavy (non-hydrogen) atoms. The van der Waals surface area contributed by atoms with E-state index in [1.54, 1.807) is 4.57 Å². The fraction of sp³-hybridized carbons (Fsp3) is 0.267. The summed E-state index contributed by atoms with van der Waals surface area (Å²) in [6.45, 7) is 0.747. The molecule has 1 atom stereocenters. The summed E-state index contributed by atoms with van der Waals surface area (Å²) in [6, 6.07) is 2.55. The van der Waals surface area contributed by atoms with E-state index >= 15 is 0 Å². The van der Waals surface area contributed by atoms with Crippen LogP contribution in [0.4, 0.5) is 10.2 Å². The zero-order valence-electron chi connectivity index (χ0n) is 12.8. The molecule has 9 nitrogen and oxygen atoms in total. The average Bonchev–Trinajstić information content (AvgIpc) is 2.92. The number of phenols is 3. The maximum atomic E-state index is 13.8. The van der Waals surface area contributed by atoms with Gasteiger partial charge in [0.1, 0.15) is 6.23 Å². The predicted molar refractivity (Wildman–Crippen MR) is 83.7 cm³/mol. The molecule has 3 heterocycles. The molecule has 0 radical (unpaired) electrons. The molecule has 1 aliphatic rings. The number of hydrogen-bond donors (Lipinski definition) is 4. The number of nitrogens with zero attached hydrogens (tertiary/aromatic N) is 4. The quantitative estimate of drug-likeness (QED) is 0.414. The molecule has 0 saturated carbocycles. The second kappa shape index (κ2) is 5.74. The molecule has 1 aliphatic heterocycles. The number of hydrogen-bond acceptors (Lipinski definition) is 8. The zero-order chi connectivity index (χ0) is 17.6. The van der Waals surface area contributed by atoms with Crippen LogP contribution >= 0.6 is 0 Å². The number of aromatic nitrogens is 4. The highest BCUT2D eigenvalue weighted by molar-refractivity contribution is 5.82. The zero-order valence-corrected chi connectivity index (χ0v) is 12.8. The monoisotopic (exact) mass is 347 g/mol. The van der Waals surface area contributed by atoms with E-state index in [0.717, 1.165) is 6.42 Å². The van der Waals surface area contributed by atoms with Crippen LogP contribution in [0.2, 0.25) is 0 Å². The lowest BCUT2D eigenvalue weighted by atomic mass is 10.2. The summed E-state index contributed by atoms with van der Waals surface area (Å²) < 4.78 is 20.8. The van der Waals surface area contributed by atoms with Gasteiger partial charge < -0.3 is 25.4 Å². The van der Waals surface area contributed by atoms with Gasteiger partial charge in [0.15, 0.2) is 34.2 Å². The Balaban J connectivity index is 1.64. The van der Waals surface area contributed by atoms with Gasteiger partial charge in [-0.25, -0.2) is 4.98 Å². The number of benzene rings is 1. The summed E-state index contributed by atoms with van der Waals surface area (Å²) in [5.41, 5.74) is 1.15. The van der Waals surface area contributed by atoms with E-state index in [-0.39, 0.29) is 18.6 Å². The van der Waals surface area contributed by atoms with Gasteiger partial charge in [-0.2, -0.15) is 14.4 Å². The molecule has 2 aromatic heterocycles. The topological polar surface area (TPSA) is 126 Å². The lowest BCUT2D eigenvalue weighted by Crippen LogP contribution is -2.24. The van der Waals surface area contributed by atoms with Crippen molar-refractivity contribution in [3.05, 3.63) is 30.1 Å². The Kier molecular flexibility index (Phi) is 3.53. The molecular formula is C15H14FN5O4. The molecule has 0 bridgehead atoms. The Morgan fingerprint density at radius 2 is 1.96 bits per heavy atom. The molecular weight excluding hydrogens is 333 g/mol. The van der Waals surface area contributed by atoms with E-state index in [0.29, 0.717) is 23.3 Å². The van der Waals surface area contributed by atoms with E-state index in [9.17, 15) is 19.7 Å². The predicted octanol–water partition coefficient (Wildman–Crippen LogP) is 1.61. The minimum atomic E-state index is -0.910. The molecule has 1 unspecified atom stereocenters. The van der Waals surface area contributed by atoms with Gasteiger partial charge in [-0.15, -0.1) is 0 Å². The van der Waals surface area contributed by atoms with Crippen molar-refractivity contribution in [1.82, 2.24) is 19.5 Å². The van der Waals surface area contributed by atoms with Gasteiger partial charge in [-0.1, -0.05) is 0 Å². The maximum absolute atomic E-state index is 13.8. The molecule has 10 heteroatoms. The molecule has 0 aliphatic carbocycles. The Labute approximate surface area is 140 Å². The van der Waals surface area contributed by atoms with E-state index in [2.05, 4.69) is 20.3 Å². The molecule has 1 saturated heterocycles. The van der Waals surface area contributed by atoms with Gasteiger partial charge in [-0.3, -0.25) is 4.57 Å². The van der Waals surface area contributed by atoms with Crippen molar-refractivity contribution in [3.8, 4) is 17.2 Å². The number of fused-ring (bicyclic) bond motifs is 1. The third-order valence-electron chi connectivity index (χ3n) is 3.97. The van der Waals surface area contributed by atoms with Crippen molar-refractivity contribution < 1.29 is 24.4 Å². The van der Waals surface area contributed by atoms with E-state index in [1.165, 1.54) is 18.5 Å². The number of ether oxygens (including phenoxy) is 1. The SMILES string of the molecule is Oc1cc(CNc2nc(F)nc3c2ncn3C2CCO2)cc(O)c1O. The lowest BCUT2D eigenvalue weighted by Gasteiger charge is -2.27. The van der Waals surface area contributed by atoms with Crippen LogP contribution < -0.4 is 5.32 Å². The molecule has 4 N–H and O–H groups in total. The minimum absolute atomic E-state index is 0.111. The first-order valence-corrected chi connectivity index (χ1v) is 7.52. The fourth-order valence-corrected chi connectivity index (χ4v) is 2.62. The first kappa shape index (κ1) is 15.4. The van der Waals surface area contributed by atoms with Crippen molar-refractivity contribution >= 4 is 17.0 Å². The van der Waals surface area contributed by atoms with Crippen molar-refractivity contribution in [2.45, 2.75) is 19.2 Å². The third kappa shape index (κ3) is 2.66. The number of phenolic OH excluding ortho intramolecular Hbond substituents is 3. The molecule has 4 rings (SSSR count). The maximum Gasteiger partial charge on any atom is 0.312 e. The van der Waals surface area contributed by atoms with Crippen molar-refractivity contribution in [2.24, 2.45) is 0 Å². The largest absolute Gasteiger partial charge is 0.504 e. The number of aromatic hydroxyl groups is 3. The normalized spacial score (nSPS) is 16.8. The van der Waals surface area contributed by atoms with E-state index in [1.807, 2.05) is 0 Å². The third-order valence-corrected chi connectivity index (χ3v) is 3.97. The number of nitrogens with one attached hydrogen (secondary N) is 1. The van der Waals surface area contributed by atoms with Crippen LogP contribution in [0, 0.1) is 6.08 Å². The highest BCUT2D eigenvalue weighted by Crippen LogP contribution is 2.35. The Hall–Kier alpha value is -3.14. The van der Waals surface area contributed by atoms with Gasteiger partial charge in [0.05, 0.1) is 12.9 Å². The number of imidazole rings is 1. The smallest absolute Gasteiger partial charge is 0.312 e.